The number of rotatable bonds is 6. The Balaban J connectivity index is 1.95. The van der Waals surface area contributed by atoms with Crippen molar-refractivity contribution in [2.24, 2.45) is 0 Å². The third-order valence-corrected chi connectivity index (χ3v) is 6.29. The maximum Gasteiger partial charge on any atom is 0.418 e. The number of methoxy groups -OCH3 is 1. The Hall–Kier alpha value is -2.95. The highest BCUT2D eigenvalue weighted by Crippen LogP contribution is 2.36. The van der Waals surface area contributed by atoms with E-state index in [0.717, 1.165) is 30.3 Å². The van der Waals surface area contributed by atoms with Crippen LogP contribution < -0.4 is 14.8 Å². The molecule has 3 aromatic carbocycles. The van der Waals surface area contributed by atoms with Crippen LogP contribution >= 0.6 is 23.2 Å². The number of hydrogen-bond acceptors (Lipinski definition) is 4. The van der Waals surface area contributed by atoms with Gasteiger partial charge in [-0.15, -0.1) is 0 Å². The monoisotopic (exact) mass is 518 g/mol. The molecule has 0 radical (unpaired) electrons. The Labute approximate surface area is 197 Å². The summed E-state index contributed by atoms with van der Waals surface area (Å²) in [5, 5.41) is 2.86. The SMILES string of the molecule is COc1ccc(S(=O)(=O)Nc2ccccc2C(F)(F)F)cc1NC(=O)c1ccc(Cl)cc1Cl. The molecule has 1 amide bonds. The fourth-order valence-electron chi connectivity index (χ4n) is 2.84. The standard InChI is InChI=1S/C21H15Cl2F3N2O4S/c1-32-19-9-7-13(11-18(19)27-20(29)14-8-6-12(22)10-16(14)23)33(30,31)28-17-5-3-2-4-15(17)21(24,25)26/h2-11,28H,1H3,(H,27,29). The average Bonchev–Trinajstić information content (AvgIpc) is 2.73. The van der Waals surface area contributed by atoms with Crippen molar-refractivity contribution in [3.63, 3.8) is 0 Å². The minimum atomic E-state index is -4.77. The number of hydrogen-bond donors (Lipinski definition) is 2. The molecular weight excluding hydrogens is 504 g/mol. The largest absolute Gasteiger partial charge is 0.495 e. The van der Waals surface area contributed by atoms with Gasteiger partial charge in [-0.05, 0) is 48.5 Å². The number of amides is 1. The molecule has 3 rings (SSSR count). The lowest BCUT2D eigenvalue weighted by Crippen LogP contribution is -2.18. The van der Waals surface area contributed by atoms with E-state index in [4.69, 9.17) is 27.9 Å². The quantitative estimate of drug-likeness (QED) is 0.414. The number of anilines is 2. The van der Waals surface area contributed by atoms with Gasteiger partial charge >= 0.3 is 6.18 Å². The third-order valence-electron chi connectivity index (χ3n) is 4.38. The van der Waals surface area contributed by atoms with E-state index in [1.807, 2.05) is 4.72 Å². The van der Waals surface area contributed by atoms with Gasteiger partial charge in [-0.1, -0.05) is 35.3 Å². The summed E-state index contributed by atoms with van der Waals surface area (Å²) in [6.45, 7) is 0. The molecular formula is C21H15Cl2F3N2O4S. The highest BCUT2D eigenvalue weighted by atomic mass is 35.5. The normalized spacial score (nSPS) is 11.7. The van der Waals surface area contributed by atoms with E-state index in [1.165, 1.54) is 37.4 Å². The summed E-state index contributed by atoms with van der Waals surface area (Å²) >= 11 is 11.9. The van der Waals surface area contributed by atoms with Gasteiger partial charge in [0.25, 0.3) is 15.9 Å². The Morgan fingerprint density at radius 2 is 1.67 bits per heavy atom. The number of halogens is 5. The maximum absolute atomic E-state index is 13.2. The zero-order chi connectivity index (χ0) is 24.4. The van der Waals surface area contributed by atoms with Gasteiger partial charge in [0, 0.05) is 5.02 Å². The van der Waals surface area contributed by atoms with Crippen molar-refractivity contribution in [2.45, 2.75) is 11.1 Å². The molecule has 12 heteroatoms. The van der Waals surface area contributed by atoms with Gasteiger partial charge in [-0.25, -0.2) is 8.42 Å². The summed E-state index contributed by atoms with van der Waals surface area (Å²) in [6.07, 6.45) is -4.77. The fraction of sp³-hybridized carbons (Fsp3) is 0.0952. The fourth-order valence-corrected chi connectivity index (χ4v) is 4.44. The zero-order valence-electron chi connectivity index (χ0n) is 16.7. The van der Waals surface area contributed by atoms with E-state index in [-0.39, 0.29) is 22.0 Å². The molecule has 0 saturated carbocycles. The number of carbonyl (C=O) groups excluding carboxylic acids is 1. The molecule has 0 aromatic heterocycles. The lowest BCUT2D eigenvalue weighted by Gasteiger charge is -2.16. The molecule has 0 fully saturated rings. The second-order valence-electron chi connectivity index (χ2n) is 6.59. The number of carbonyl (C=O) groups is 1. The van der Waals surface area contributed by atoms with Crippen molar-refractivity contribution >= 4 is 50.5 Å². The minimum Gasteiger partial charge on any atom is -0.495 e. The van der Waals surface area contributed by atoms with Gasteiger partial charge in [0.15, 0.2) is 0 Å². The highest BCUT2D eigenvalue weighted by Gasteiger charge is 2.34. The van der Waals surface area contributed by atoms with Crippen LogP contribution in [0.15, 0.2) is 65.6 Å². The summed E-state index contributed by atoms with van der Waals surface area (Å²) in [4.78, 5) is 12.2. The zero-order valence-corrected chi connectivity index (χ0v) is 19.0. The second kappa shape index (κ2) is 9.50. The van der Waals surface area contributed by atoms with Crippen LogP contribution in [0, 0.1) is 0 Å². The highest BCUT2D eigenvalue weighted by molar-refractivity contribution is 7.92. The summed E-state index contributed by atoms with van der Waals surface area (Å²) in [5.74, 6) is -0.567. The van der Waals surface area contributed by atoms with Crippen molar-refractivity contribution in [2.75, 3.05) is 17.1 Å². The molecule has 174 valence electrons. The number of alkyl halides is 3. The van der Waals surface area contributed by atoms with Crippen LogP contribution in [-0.4, -0.2) is 21.4 Å². The van der Waals surface area contributed by atoms with E-state index in [1.54, 1.807) is 0 Å². The van der Waals surface area contributed by atoms with Crippen molar-refractivity contribution in [1.82, 2.24) is 0 Å². The van der Waals surface area contributed by atoms with Crippen molar-refractivity contribution in [3.05, 3.63) is 81.8 Å². The van der Waals surface area contributed by atoms with Crippen molar-refractivity contribution in [1.29, 1.82) is 0 Å². The van der Waals surface area contributed by atoms with Crippen molar-refractivity contribution in [3.8, 4) is 5.75 Å². The van der Waals surface area contributed by atoms with E-state index in [9.17, 15) is 26.4 Å². The average molecular weight is 519 g/mol. The van der Waals surface area contributed by atoms with Crippen LogP contribution in [0.5, 0.6) is 5.75 Å². The molecule has 0 bridgehead atoms. The van der Waals surface area contributed by atoms with Gasteiger partial charge < -0.3 is 10.1 Å². The van der Waals surface area contributed by atoms with Crippen LogP contribution in [0.25, 0.3) is 0 Å². The molecule has 0 spiro atoms. The first-order valence-corrected chi connectivity index (χ1v) is 11.3. The van der Waals surface area contributed by atoms with E-state index in [0.29, 0.717) is 5.02 Å². The molecule has 0 atom stereocenters. The third kappa shape index (κ3) is 5.70. The predicted molar refractivity (Wildman–Crippen MR) is 120 cm³/mol. The molecule has 0 saturated heterocycles. The topological polar surface area (TPSA) is 84.5 Å². The first-order valence-electron chi connectivity index (χ1n) is 9.06. The molecule has 0 aliphatic carbocycles. The molecule has 6 nitrogen and oxygen atoms in total. The molecule has 0 aliphatic rings. The Morgan fingerprint density at radius 3 is 2.30 bits per heavy atom. The Bertz CT molecular complexity index is 1320. The first kappa shape index (κ1) is 24.7. The lowest BCUT2D eigenvalue weighted by molar-refractivity contribution is -0.136. The van der Waals surface area contributed by atoms with E-state index in [2.05, 4.69) is 5.32 Å². The first-order chi connectivity index (χ1) is 15.4. The second-order valence-corrected chi connectivity index (χ2v) is 9.12. The molecule has 0 unspecified atom stereocenters. The van der Waals surface area contributed by atoms with Crippen LogP contribution in [0.1, 0.15) is 15.9 Å². The molecule has 33 heavy (non-hydrogen) atoms. The van der Waals surface area contributed by atoms with Crippen molar-refractivity contribution < 1.29 is 31.1 Å². The van der Waals surface area contributed by atoms with E-state index < -0.39 is 38.3 Å². The number of para-hydroxylation sites is 1. The molecule has 2 N–H and O–H groups in total. The number of sulfonamides is 1. The summed E-state index contributed by atoms with van der Waals surface area (Å²) in [6, 6.07) is 11.8. The summed E-state index contributed by atoms with van der Waals surface area (Å²) < 4.78 is 72.4. The molecule has 0 aliphatic heterocycles. The summed E-state index contributed by atoms with van der Waals surface area (Å²) in [7, 11) is -3.16. The van der Waals surface area contributed by atoms with Crippen LogP contribution in [0.3, 0.4) is 0 Å². The van der Waals surface area contributed by atoms with Gasteiger partial charge in [-0.3, -0.25) is 9.52 Å². The van der Waals surface area contributed by atoms with Gasteiger partial charge in [0.1, 0.15) is 5.75 Å². The van der Waals surface area contributed by atoms with Crippen LogP contribution in [-0.2, 0) is 16.2 Å². The van der Waals surface area contributed by atoms with Gasteiger partial charge in [0.05, 0.1) is 39.5 Å². The number of ether oxygens (including phenoxy) is 1. The molecule has 3 aromatic rings. The Morgan fingerprint density at radius 1 is 0.970 bits per heavy atom. The van der Waals surface area contributed by atoms with Crippen LogP contribution in [0.4, 0.5) is 24.5 Å². The number of benzene rings is 3. The Kier molecular flexibility index (Phi) is 7.11. The van der Waals surface area contributed by atoms with Crippen LogP contribution in [0.2, 0.25) is 10.0 Å². The summed E-state index contributed by atoms with van der Waals surface area (Å²) in [5.41, 5.74) is -1.76. The smallest absolute Gasteiger partial charge is 0.418 e. The minimum absolute atomic E-state index is 0.0412. The van der Waals surface area contributed by atoms with Gasteiger partial charge in [-0.2, -0.15) is 13.2 Å². The van der Waals surface area contributed by atoms with E-state index >= 15 is 0 Å². The maximum atomic E-state index is 13.2. The predicted octanol–water partition coefficient (Wildman–Crippen LogP) is 6.07. The molecule has 0 heterocycles. The lowest BCUT2D eigenvalue weighted by atomic mass is 10.2. The number of nitrogens with one attached hydrogen (secondary N) is 2. The van der Waals surface area contributed by atoms with Gasteiger partial charge in [0.2, 0.25) is 0 Å².